The van der Waals surface area contributed by atoms with Gasteiger partial charge in [0.25, 0.3) is 5.69 Å². The maximum Gasteiger partial charge on any atom is 0.338 e. The van der Waals surface area contributed by atoms with E-state index in [1.807, 2.05) is 0 Å². The summed E-state index contributed by atoms with van der Waals surface area (Å²) in [7, 11) is 1.45. The van der Waals surface area contributed by atoms with E-state index in [9.17, 15) is 24.8 Å². The predicted octanol–water partition coefficient (Wildman–Crippen LogP) is 2.29. The number of carboxylic acids is 1. The molecule has 0 aliphatic heterocycles. The number of carboxylic acid groups (broad SMARTS) is 1. The number of carbonyl (C=O) groups is 2. The monoisotopic (exact) mass is 378 g/mol. The molecule has 1 unspecified atom stereocenters. The van der Waals surface area contributed by atoms with E-state index in [0.717, 1.165) is 6.07 Å². The van der Waals surface area contributed by atoms with E-state index in [2.05, 4.69) is 5.32 Å². The van der Waals surface area contributed by atoms with Crippen molar-refractivity contribution >= 4 is 29.2 Å². The van der Waals surface area contributed by atoms with Crippen LogP contribution >= 0.6 is 11.6 Å². The Morgan fingerprint density at radius 2 is 1.88 bits per heavy atom. The second-order valence-corrected chi connectivity index (χ2v) is 5.54. The molecule has 8 nitrogen and oxygen atoms in total. The lowest BCUT2D eigenvalue weighted by atomic mass is 9.82. The highest BCUT2D eigenvalue weighted by atomic mass is 35.5. The normalized spacial score (nSPS) is 12.7. The molecule has 0 heterocycles. The summed E-state index contributed by atoms with van der Waals surface area (Å²) >= 11 is 5.53. The van der Waals surface area contributed by atoms with Crippen LogP contribution in [-0.2, 0) is 15.1 Å². The SMILES string of the molecule is COc1ccc(C(NC(=O)CCl)(C(=O)O)c2cccc([N+](=O)[O-])c2)cc1. The third-order valence-corrected chi connectivity index (χ3v) is 4.02. The van der Waals surface area contributed by atoms with Crippen LogP contribution in [0, 0.1) is 10.1 Å². The minimum atomic E-state index is -2.05. The first-order valence-corrected chi connectivity index (χ1v) is 7.88. The molecule has 9 heteroatoms. The van der Waals surface area contributed by atoms with Crippen LogP contribution in [0.4, 0.5) is 5.69 Å². The van der Waals surface area contributed by atoms with Crippen LogP contribution in [0.1, 0.15) is 11.1 Å². The number of ether oxygens (including phenoxy) is 1. The van der Waals surface area contributed by atoms with Crippen molar-refractivity contribution in [1.29, 1.82) is 0 Å². The Morgan fingerprint density at radius 3 is 2.38 bits per heavy atom. The molecule has 0 spiro atoms. The van der Waals surface area contributed by atoms with Crippen molar-refractivity contribution in [3.8, 4) is 5.75 Å². The number of nitrogens with zero attached hydrogens (tertiary/aromatic N) is 1. The lowest BCUT2D eigenvalue weighted by molar-refractivity contribution is -0.384. The van der Waals surface area contributed by atoms with Crippen LogP contribution in [0.3, 0.4) is 0 Å². The van der Waals surface area contributed by atoms with E-state index < -0.39 is 28.2 Å². The molecule has 0 saturated heterocycles. The average molecular weight is 379 g/mol. The molecule has 2 rings (SSSR count). The van der Waals surface area contributed by atoms with Gasteiger partial charge in [-0.1, -0.05) is 24.3 Å². The van der Waals surface area contributed by atoms with Crippen LogP contribution in [0.2, 0.25) is 0 Å². The lowest BCUT2D eigenvalue weighted by Gasteiger charge is -2.31. The first-order valence-electron chi connectivity index (χ1n) is 7.35. The van der Waals surface area contributed by atoms with Crippen molar-refractivity contribution in [3.05, 3.63) is 69.8 Å². The number of hydrogen-bond acceptors (Lipinski definition) is 5. The van der Waals surface area contributed by atoms with Gasteiger partial charge in [-0.2, -0.15) is 0 Å². The molecule has 26 heavy (non-hydrogen) atoms. The number of nitro groups is 1. The van der Waals surface area contributed by atoms with Crippen molar-refractivity contribution in [3.63, 3.8) is 0 Å². The van der Waals surface area contributed by atoms with E-state index in [1.165, 1.54) is 49.6 Å². The zero-order valence-corrected chi connectivity index (χ0v) is 14.4. The zero-order chi connectivity index (χ0) is 19.3. The average Bonchev–Trinajstić information content (AvgIpc) is 2.65. The molecular weight excluding hydrogens is 364 g/mol. The fourth-order valence-electron chi connectivity index (χ4n) is 2.55. The third kappa shape index (κ3) is 3.60. The summed E-state index contributed by atoms with van der Waals surface area (Å²) in [5, 5.41) is 23.4. The number of methoxy groups -OCH3 is 1. The fraction of sp³-hybridized carbons (Fsp3) is 0.176. The van der Waals surface area contributed by atoms with Crippen molar-refractivity contribution in [2.75, 3.05) is 13.0 Å². The fourth-order valence-corrected chi connectivity index (χ4v) is 2.61. The number of nitro benzene ring substituents is 1. The van der Waals surface area contributed by atoms with Crippen LogP contribution in [0.15, 0.2) is 48.5 Å². The van der Waals surface area contributed by atoms with Crippen LogP contribution in [0.5, 0.6) is 5.75 Å². The van der Waals surface area contributed by atoms with Gasteiger partial charge in [0.15, 0.2) is 5.54 Å². The highest BCUT2D eigenvalue weighted by Crippen LogP contribution is 2.33. The number of halogens is 1. The Balaban J connectivity index is 2.73. The molecule has 136 valence electrons. The topological polar surface area (TPSA) is 119 Å². The molecule has 0 aliphatic rings. The van der Waals surface area contributed by atoms with Crippen molar-refractivity contribution in [2.45, 2.75) is 5.54 Å². The third-order valence-electron chi connectivity index (χ3n) is 3.78. The van der Waals surface area contributed by atoms with Gasteiger partial charge in [-0.15, -0.1) is 11.6 Å². The number of hydrogen-bond donors (Lipinski definition) is 2. The van der Waals surface area contributed by atoms with E-state index in [0.29, 0.717) is 5.75 Å². The molecule has 0 radical (unpaired) electrons. The molecule has 0 aromatic heterocycles. The Bertz CT molecular complexity index is 839. The van der Waals surface area contributed by atoms with Gasteiger partial charge in [0.1, 0.15) is 11.6 Å². The summed E-state index contributed by atoms with van der Waals surface area (Å²) in [5.74, 6) is -2.14. The standard InChI is InChI=1S/C17H15ClN2O6/c1-26-14-7-5-11(6-8-14)17(16(22)23,19-15(21)10-18)12-3-2-4-13(9-12)20(24)25/h2-9H,10H2,1H3,(H,19,21)(H,22,23). The second-order valence-electron chi connectivity index (χ2n) is 5.27. The number of aliphatic carboxylic acids is 1. The maximum atomic E-state index is 12.3. The number of alkyl halides is 1. The number of amides is 1. The Hall–Kier alpha value is -3.13. The van der Waals surface area contributed by atoms with Crippen molar-refractivity contribution in [1.82, 2.24) is 5.32 Å². The van der Waals surface area contributed by atoms with Crippen molar-refractivity contribution in [2.24, 2.45) is 0 Å². The van der Waals surface area contributed by atoms with Gasteiger partial charge in [0.05, 0.1) is 12.0 Å². The molecule has 0 aliphatic carbocycles. The van der Waals surface area contributed by atoms with Crippen LogP contribution in [0.25, 0.3) is 0 Å². The lowest BCUT2D eigenvalue weighted by Crippen LogP contribution is -2.53. The molecule has 2 aromatic rings. The van der Waals surface area contributed by atoms with Gasteiger partial charge >= 0.3 is 5.97 Å². The first kappa shape index (κ1) is 19.2. The van der Waals surface area contributed by atoms with Crippen LogP contribution < -0.4 is 10.1 Å². The maximum absolute atomic E-state index is 12.3. The molecule has 0 bridgehead atoms. The number of nitrogens with one attached hydrogen (secondary N) is 1. The molecule has 1 amide bonds. The summed E-state index contributed by atoms with van der Waals surface area (Å²) < 4.78 is 5.06. The van der Waals surface area contributed by atoms with Gasteiger partial charge in [-0.3, -0.25) is 14.9 Å². The summed E-state index contributed by atoms with van der Waals surface area (Å²) in [5.41, 5.74) is -2.15. The minimum absolute atomic E-state index is 0.0165. The highest BCUT2D eigenvalue weighted by Gasteiger charge is 2.44. The minimum Gasteiger partial charge on any atom is -0.497 e. The number of non-ortho nitro benzene ring substituents is 1. The summed E-state index contributed by atoms with van der Waals surface area (Å²) in [6.07, 6.45) is 0. The number of carbonyl (C=O) groups excluding carboxylic acids is 1. The molecule has 0 fully saturated rings. The van der Waals surface area contributed by atoms with Crippen molar-refractivity contribution < 1.29 is 24.4 Å². The Kier molecular flexibility index (Phi) is 5.78. The van der Waals surface area contributed by atoms with Gasteiger partial charge in [-0.25, -0.2) is 4.79 Å². The summed E-state index contributed by atoms with van der Waals surface area (Å²) in [6.45, 7) is 0. The quantitative estimate of drug-likeness (QED) is 0.433. The number of rotatable bonds is 7. The smallest absolute Gasteiger partial charge is 0.338 e. The summed E-state index contributed by atoms with van der Waals surface area (Å²) in [4.78, 5) is 34.6. The molecule has 2 N–H and O–H groups in total. The van der Waals surface area contributed by atoms with E-state index >= 15 is 0 Å². The molecule has 0 saturated carbocycles. The highest BCUT2D eigenvalue weighted by molar-refractivity contribution is 6.27. The van der Waals surface area contributed by atoms with Gasteiger partial charge in [0, 0.05) is 17.7 Å². The zero-order valence-electron chi connectivity index (χ0n) is 13.6. The Labute approximate surface area is 153 Å². The van der Waals surface area contributed by atoms with Crippen LogP contribution in [-0.4, -0.2) is 34.9 Å². The van der Waals surface area contributed by atoms with E-state index in [1.54, 1.807) is 0 Å². The molecule has 2 aromatic carbocycles. The number of benzene rings is 2. The second kappa shape index (κ2) is 7.83. The van der Waals surface area contributed by atoms with E-state index in [-0.39, 0.29) is 16.8 Å². The first-order chi connectivity index (χ1) is 12.3. The predicted molar refractivity (Wildman–Crippen MR) is 93.4 cm³/mol. The van der Waals surface area contributed by atoms with Gasteiger partial charge in [-0.05, 0) is 17.7 Å². The van der Waals surface area contributed by atoms with Gasteiger partial charge in [0.2, 0.25) is 5.91 Å². The molecular formula is C17H15ClN2O6. The van der Waals surface area contributed by atoms with E-state index in [4.69, 9.17) is 16.3 Å². The summed E-state index contributed by atoms with van der Waals surface area (Å²) in [6, 6.07) is 11.0. The largest absolute Gasteiger partial charge is 0.497 e. The van der Waals surface area contributed by atoms with Gasteiger partial charge < -0.3 is 15.2 Å². The Morgan fingerprint density at radius 1 is 1.23 bits per heavy atom. The molecule has 1 atom stereocenters.